The van der Waals surface area contributed by atoms with E-state index in [1.54, 1.807) is 29.0 Å². The van der Waals surface area contributed by atoms with Gasteiger partial charge in [0.1, 0.15) is 12.3 Å². The summed E-state index contributed by atoms with van der Waals surface area (Å²) in [6, 6.07) is 14.8. The molecule has 2 amide bonds. The van der Waals surface area contributed by atoms with Gasteiger partial charge in [-0.25, -0.2) is 0 Å². The first kappa shape index (κ1) is 24.3. The second-order valence-corrected chi connectivity index (χ2v) is 8.54. The smallest absolute Gasteiger partial charge is 0.290 e. The van der Waals surface area contributed by atoms with E-state index in [0.717, 1.165) is 29.2 Å². The lowest BCUT2D eigenvalue weighted by Crippen LogP contribution is -2.53. The van der Waals surface area contributed by atoms with E-state index in [1.807, 2.05) is 50.2 Å². The third-order valence-corrected chi connectivity index (χ3v) is 6.39. The summed E-state index contributed by atoms with van der Waals surface area (Å²) < 4.78 is 10.6. The molecule has 4 rings (SSSR count). The molecular formula is C26H31N5O4. The molecule has 3 aromatic rings. The zero-order chi connectivity index (χ0) is 24.8. The molecule has 1 unspecified atom stereocenters. The Hall–Kier alpha value is -3.88. The fraction of sp³-hybridized carbons (Fsp3) is 0.385. The van der Waals surface area contributed by atoms with Crippen molar-refractivity contribution in [3.8, 4) is 17.0 Å². The molecule has 1 aliphatic heterocycles. The highest BCUT2D eigenvalue weighted by Gasteiger charge is 2.29. The maximum atomic E-state index is 13.0. The molecular weight excluding hydrogens is 446 g/mol. The van der Waals surface area contributed by atoms with Crippen LogP contribution < -0.4 is 9.64 Å². The van der Waals surface area contributed by atoms with Gasteiger partial charge in [-0.15, -0.1) is 10.2 Å². The largest absolute Gasteiger partial charge is 0.497 e. The van der Waals surface area contributed by atoms with Crippen LogP contribution in [0.4, 0.5) is 5.82 Å². The average molecular weight is 478 g/mol. The summed E-state index contributed by atoms with van der Waals surface area (Å²) in [6.07, 6.45) is 2.22. The van der Waals surface area contributed by atoms with Crippen molar-refractivity contribution in [2.75, 3.05) is 44.7 Å². The fourth-order valence-corrected chi connectivity index (χ4v) is 4.05. The quantitative estimate of drug-likeness (QED) is 0.491. The molecule has 0 aliphatic carbocycles. The van der Waals surface area contributed by atoms with Crippen LogP contribution in [0.5, 0.6) is 5.75 Å². The Morgan fingerprint density at radius 2 is 1.89 bits per heavy atom. The molecule has 0 radical (unpaired) electrons. The lowest BCUT2D eigenvalue weighted by atomic mass is 10.1. The average Bonchev–Trinajstić information content (AvgIpc) is 3.46. The lowest BCUT2D eigenvalue weighted by Gasteiger charge is -2.37. The van der Waals surface area contributed by atoms with E-state index in [2.05, 4.69) is 15.1 Å². The Bertz CT molecular complexity index is 1120. The van der Waals surface area contributed by atoms with Gasteiger partial charge in [0.2, 0.25) is 5.91 Å². The van der Waals surface area contributed by atoms with E-state index in [-0.39, 0.29) is 30.2 Å². The third-order valence-electron chi connectivity index (χ3n) is 6.39. The van der Waals surface area contributed by atoms with Crippen molar-refractivity contribution in [3.05, 3.63) is 60.6 Å². The molecule has 9 nitrogen and oxygen atoms in total. The van der Waals surface area contributed by atoms with Gasteiger partial charge in [-0.2, -0.15) is 0 Å². The molecule has 0 spiro atoms. The number of benzene rings is 1. The second kappa shape index (κ2) is 11.0. The van der Waals surface area contributed by atoms with Crippen LogP contribution in [0.25, 0.3) is 11.3 Å². The number of rotatable bonds is 8. The molecule has 0 bridgehead atoms. The molecule has 1 aliphatic rings. The molecule has 1 aromatic carbocycles. The van der Waals surface area contributed by atoms with E-state index < -0.39 is 0 Å². The number of carbonyl (C=O) groups is 2. The summed E-state index contributed by atoms with van der Waals surface area (Å²) in [6.45, 7) is 6.38. The van der Waals surface area contributed by atoms with Crippen molar-refractivity contribution in [1.29, 1.82) is 0 Å². The van der Waals surface area contributed by atoms with Crippen molar-refractivity contribution < 1.29 is 18.7 Å². The molecule has 35 heavy (non-hydrogen) atoms. The molecule has 2 aromatic heterocycles. The van der Waals surface area contributed by atoms with E-state index in [4.69, 9.17) is 9.15 Å². The van der Waals surface area contributed by atoms with Crippen molar-refractivity contribution in [3.63, 3.8) is 0 Å². The number of methoxy groups -OCH3 is 1. The minimum Gasteiger partial charge on any atom is -0.497 e. The van der Waals surface area contributed by atoms with E-state index in [9.17, 15) is 9.59 Å². The Balaban J connectivity index is 1.35. The highest BCUT2D eigenvalue weighted by Crippen LogP contribution is 2.23. The van der Waals surface area contributed by atoms with Crippen LogP contribution in [-0.4, -0.2) is 77.7 Å². The predicted molar refractivity (Wildman–Crippen MR) is 132 cm³/mol. The molecule has 1 atom stereocenters. The molecule has 1 fully saturated rings. The Labute approximate surface area is 205 Å². The number of furan rings is 1. The fourth-order valence-electron chi connectivity index (χ4n) is 4.05. The highest BCUT2D eigenvalue weighted by molar-refractivity contribution is 5.94. The maximum absolute atomic E-state index is 13.0. The van der Waals surface area contributed by atoms with Gasteiger partial charge in [0.05, 0.1) is 19.1 Å². The Kier molecular flexibility index (Phi) is 7.64. The monoisotopic (exact) mass is 477 g/mol. The van der Waals surface area contributed by atoms with Crippen LogP contribution in [0.3, 0.4) is 0 Å². The van der Waals surface area contributed by atoms with Crippen molar-refractivity contribution in [2.24, 2.45) is 0 Å². The number of nitrogens with zero attached hydrogens (tertiary/aromatic N) is 5. The second-order valence-electron chi connectivity index (χ2n) is 8.54. The summed E-state index contributed by atoms with van der Waals surface area (Å²) in [5.74, 6) is 1.47. The van der Waals surface area contributed by atoms with Crippen molar-refractivity contribution in [1.82, 2.24) is 20.0 Å². The van der Waals surface area contributed by atoms with Gasteiger partial charge < -0.3 is 23.9 Å². The standard InChI is InChI=1S/C26H31N5O4/c1-4-19(2)31(26(33)23-9-6-16-35-23)18-25(32)30-14-12-29(13-15-30)24-11-10-22(27-28-24)20-7-5-8-21(17-20)34-3/h5-11,16-17,19H,4,12-15,18H2,1-3H3. The molecule has 3 heterocycles. The minimum atomic E-state index is -0.261. The molecule has 184 valence electrons. The zero-order valence-electron chi connectivity index (χ0n) is 20.4. The van der Waals surface area contributed by atoms with Crippen LogP contribution in [0.15, 0.2) is 59.2 Å². The van der Waals surface area contributed by atoms with Gasteiger partial charge in [0, 0.05) is 37.8 Å². The van der Waals surface area contributed by atoms with Crippen LogP contribution in [0, 0.1) is 0 Å². The van der Waals surface area contributed by atoms with Crippen LogP contribution in [0.2, 0.25) is 0 Å². The number of hydrogen-bond acceptors (Lipinski definition) is 7. The first-order chi connectivity index (χ1) is 17.0. The SMILES string of the molecule is CCC(C)N(CC(=O)N1CCN(c2ccc(-c3cccc(OC)c3)nn2)CC1)C(=O)c1ccco1. The predicted octanol–water partition coefficient (Wildman–Crippen LogP) is 3.33. The zero-order valence-corrected chi connectivity index (χ0v) is 20.4. The number of ether oxygens (including phenoxy) is 1. The lowest BCUT2D eigenvalue weighted by molar-refractivity contribution is -0.132. The number of piperazine rings is 1. The molecule has 0 saturated carbocycles. The number of amides is 2. The van der Waals surface area contributed by atoms with Gasteiger partial charge in [0.15, 0.2) is 11.6 Å². The maximum Gasteiger partial charge on any atom is 0.290 e. The van der Waals surface area contributed by atoms with E-state index in [0.29, 0.717) is 26.2 Å². The van der Waals surface area contributed by atoms with Gasteiger partial charge in [-0.05, 0) is 49.7 Å². The number of aromatic nitrogens is 2. The normalized spacial score (nSPS) is 14.5. The minimum absolute atomic E-state index is 0.0313. The van der Waals surface area contributed by atoms with E-state index >= 15 is 0 Å². The van der Waals surface area contributed by atoms with Gasteiger partial charge in [0.25, 0.3) is 5.91 Å². The van der Waals surface area contributed by atoms with E-state index in [1.165, 1.54) is 6.26 Å². The number of anilines is 1. The number of hydrogen-bond donors (Lipinski definition) is 0. The van der Waals surface area contributed by atoms with Crippen molar-refractivity contribution in [2.45, 2.75) is 26.3 Å². The van der Waals surface area contributed by atoms with Gasteiger partial charge in [-0.3, -0.25) is 9.59 Å². The van der Waals surface area contributed by atoms with Crippen LogP contribution in [0.1, 0.15) is 30.8 Å². The number of carbonyl (C=O) groups excluding carboxylic acids is 2. The summed E-state index contributed by atoms with van der Waals surface area (Å²) in [5, 5.41) is 8.79. The van der Waals surface area contributed by atoms with Gasteiger partial charge in [-0.1, -0.05) is 19.1 Å². The van der Waals surface area contributed by atoms with Crippen LogP contribution in [-0.2, 0) is 4.79 Å². The van der Waals surface area contributed by atoms with Gasteiger partial charge >= 0.3 is 0 Å². The van der Waals surface area contributed by atoms with Crippen LogP contribution >= 0.6 is 0 Å². The summed E-state index contributed by atoms with van der Waals surface area (Å²) in [4.78, 5) is 31.4. The first-order valence-electron chi connectivity index (χ1n) is 11.9. The summed E-state index contributed by atoms with van der Waals surface area (Å²) in [5.41, 5.74) is 1.71. The highest BCUT2D eigenvalue weighted by atomic mass is 16.5. The molecule has 9 heteroatoms. The third kappa shape index (κ3) is 5.62. The molecule has 0 N–H and O–H groups in total. The van der Waals surface area contributed by atoms with Crippen molar-refractivity contribution >= 4 is 17.6 Å². The molecule has 1 saturated heterocycles. The first-order valence-corrected chi connectivity index (χ1v) is 11.9. The topological polar surface area (TPSA) is 92.0 Å². The summed E-state index contributed by atoms with van der Waals surface area (Å²) in [7, 11) is 1.64. The Morgan fingerprint density at radius 3 is 2.51 bits per heavy atom. The Morgan fingerprint density at radius 1 is 1.09 bits per heavy atom. The summed E-state index contributed by atoms with van der Waals surface area (Å²) >= 11 is 0.